The fourth-order valence-electron chi connectivity index (χ4n) is 3.72. The highest BCUT2D eigenvalue weighted by Gasteiger charge is 2.32. The Balaban J connectivity index is 1.54. The number of morpholine rings is 1. The van der Waals surface area contributed by atoms with Crippen molar-refractivity contribution in [1.82, 2.24) is 15.0 Å². The number of nitrogens with one attached hydrogen (secondary N) is 1. The number of anilines is 1. The molecule has 0 radical (unpaired) electrons. The van der Waals surface area contributed by atoms with Gasteiger partial charge in [0, 0.05) is 37.0 Å². The lowest BCUT2D eigenvalue weighted by molar-refractivity contribution is -0.0250. The number of aromatic nitrogens is 2. The van der Waals surface area contributed by atoms with E-state index in [2.05, 4.69) is 15.5 Å². The third-order valence-electron chi connectivity index (χ3n) is 5.10. The summed E-state index contributed by atoms with van der Waals surface area (Å²) in [6, 6.07) is 3.96. The molecule has 1 saturated heterocycles. The second-order valence-electron chi connectivity index (χ2n) is 6.92. The van der Waals surface area contributed by atoms with Gasteiger partial charge >= 0.3 is 0 Å². The zero-order valence-corrected chi connectivity index (χ0v) is 15.2. The molecule has 7 nitrogen and oxygen atoms in total. The molecule has 2 aromatic rings. The molecule has 0 saturated carbocycles. The minimum Gasteiger partial charge on any atom is -0.388 e. The van der Waals surface area contributed by atoms with Crippen molar-refractivity contribution in [3.63, 3.8) is 0 Å². The van der Waals surface area contributed by atoms with Crippen LogP contribution in [0.3, 0.4) is 0 Å². The molecule has 0 spiro atoms. The molecule has 1 aliphatic heterocycles. The van der Waals surface area contributed by atoms with Gasteiger partial charge in [-0.2, -0.15) is 0 Å². The monoisotopic (exact) mass is 356 g/mol. The Kier molecular flexibility index (Phi) is 4.63. The molecule has 138 valence electrons. The number of hydrogen-bond acceptors (Lipinski definition) is 6. The average Bonchev–Trinajstić information content (AvgIpc) is 3.11. The quantitative estimate of drug-likeness (QED) is 0.910. The van der Waals surface area contributed by atoms with Crippen molar-refractivity contribution in [2.24, 2.45) is 0 Å². The Bertz CT molecular complexity index is 817. The van der Waals surface area contributed by atoms with E-state index in [0.29, 0.717) is 25.4 Å². The standard InChI is InChI=1S/C19H24N4O3/c1-12-9-13(20-2)10-15(21-12)17-11-23(7-8-25-17)19(24)18-14-5-3-4-6-16(14)26-22-18/h9-10,17H,3-8,11H2,1-2H3,(H,20,21). The molecule has 26 heavy (non-hydrogen) atoms. The predicted molar refractivity (Wildman–Crippen MR) is 96.3 cm³/mol. The number of carbonyl (C=O) groups is 1. The number of pyridine rings is 1. The minimum atomic E-state index is -0.234. The third-order valence-corrected chi connectivity index (χ3v) is 5.10. The van der Waals surface area contributed by atoms with Crippen LogP contribution in [0.25, 0.3) is 0 Å². The van der Waals surface area contributed by atoms with E-state index in [9.17, 15) is 4.79 Å². The van der Waals surface area contributed by atoms with Gasteiger partial charge in [-0.1, -0.05) is 5.16 Å². The number of carbonyl (C=O) groups excluding carboxylic acids is 1. The minimum absolute atomic E-state index is 0.0632. The Morgan fingerprint density at radius 2 is 2.15 bits per heavy atom. The number of aryl methyl sites for hydroxylation is 2. The highest BCUT2D eigenvalue weighted by molar-refractivity contribution is 5.94. The van der Waals surface area contributed by atoms with Gasteiger partial charge in [0.25, 0.3) is 5.91 Å². The first-order chi connectivity index (χ1) is 12.7. The molecular weight excluding hydrogens is 332 g/mol. The van der Waals surface area contributed by atoms with Gasteiger partial charge in [0.2, 0.25) is 0 Å². The SMILES string of the molecule is CNc1cc(C)nc(C2CN(C(=O)c3noc4c3CCCC4)CCO2)c1. The molecule has 7 heteroatoms. The Morgan fingerprint density at radius 1 is 1.31 bits per heavy atom. The molecule has 1 atom stereocenters. The number of rotatable bonds is 3. The Morgan fingerprint density at radius 3 is 3.00 bits per heavy atom. The molecule has 0 aromatic carbocycles. The fourth-order valence-corrected chi connectivity index (χ4v) is 3.72. The summed E-state index contributed by atoms with van der Waals surface area (Å²) >= 11 is 0. The van der Waals surface area contributed by atoms with Crippen molar-refractivity contribution in [3.05, 3.63) is 40.5 Å². The van der Waals surface area contributed by atoms with Crippen LogP contribution in [0, 0.1) is 6.92 Å². The second-order valence-corrected chi connectivity index (χ2v) is 6.92. The van der Waals surface area contributed by atoms with Crippen LogP contribution in [-0.4, -0.2) is 47.7 Å². The molecule has 2 aromatic heterocycles. The molecule has 1 unspecified atom stereocenters. The van der Waals surface area contributed by atoms with Crippen LogP contribution in [0.1, 0.15) is 52.1 Å². The van der Waals surface area contributed by atoms with Crippen LogP contribution in [0.4, 0.5) is 5.69 Å². The number of fused-ring (bicyclic) bond motifs is 1. The average molecular weight is 356 g/mol. The van der Waals surface area contributed by atoms with E-state index in [1.54, 1.807) is 0 Å². The van der Waals surface area contributed by atoms with E-state index in [4.69, 9.17) is 9.26 Å². The van der Waals surface area contributed by atoms with Gasteiger partial charge in [-0.25, -0.2) is 0 Å². The largest absolute Gasteiger partial charge is 0.388 e. The van der Waals surface area contributed by atoms with Crippen molar-refractivity contribution in [3.8, 4) is 0 Å². The third kappa shape index (κ3) is 3.19. The first-order valence-corrected chi connectivity index (χ1v) is 9.20. The fraction of sp³-hybridized carbons (Fsp3) is 0.526. The van der Waals surface area contributed by atoms with Crippen LogP contribution in [0.5, 0.6) is 0 Å². The van der Waals surface area contributed by atoms with E-state index in [1.165, 1.54) is 0 Å². The Hall–Kier alpha value is -2.41. The van der Waals surface area contributed by atoms with Crippen molar-refractivity contribution in [2.75, 3.05) is 32.1 Å². The van der Waals surface area contributed by atoms with Crippen LogP contribution >= 0.6 is 0 Å². The van der Waals surface area contributed by atoms with Crippen molar-refractivity contribution >= 4 is 11.6 Å². The molecule has 1 amide bonds. The first-order valence-electron chi connectivity index (χ1n) is 9.20. The molecule has 4 rings (SSSR count). The Labute approximate surface area is 152 Å². The maximum Gasteiger partial charge on any atom is 0.276 e. The maximum atomic E-state index is 13.0. The zero-order chi connectivity index (χ0) is 18.1. The van der Waals surface area contributed by atoms with E-state index < -0.39 is 0 Å². The van der Waals surface area contributed by atoms with Gasteiger partial charge in [-0.05, 0) is 38.3 Å². The van der Waals surface area contributed by atoms with Crippen molar-refractivity contribution < 1.29 is 14.1 Å². The summed E-state index contributed by atoms with van der Waals surface area (Å²) in [4.78, 5) is 19.4. The highest BCUT2D eigenvalue weighted by Crippen LogP contribution is 2.28. The second kappa shape index (κ2) is 7.07. The number of nitrogens with zero attached hydrogens (tertiary/aromatic N) is 3. The summed E-state index contributed by atoms with van der Waals surface area (Å²) in [5, 5.41) is 7.22. The first kappa shape index (κ1) is 17.0. The summed E-state index contributed by atoms with van der Waals surface area (Å²) in [5.74, 6) is 0.815. The molecule has 3 heterocycles. The molecule has 2 aliphatic rings. The summed E-state index contributed by atoms with van der Waals surface area (Å²) in [6.07, 6.45) is 3.70. The predicted octanol–water partition coefficient (Wildman–Crippen LogP) is 2.51. The summed E-state index contributed by atoms with van der Waals surface area (Å²) < 4.78 is 11.3. The number of hydrogen-bond donors (Lipinski definition) is 1. The van der Waals surface area contributed by atoms with E-state index in [1.807, 2.05) is 31.0 Å². The maximum absolute atomic E-state index is 13.0. The van der Waals surface area contributed by atoms with Crippen molar-refractivity contribution in [2.45, 2.75) is 38.7 Å². The van der Waals surface area contributed by atoms with Gasteiger partial charge in [-0.15, -0.1) is 0 Å². The number of ether oxygens (including phenoxy) is 1. The van der Waals surface area contributed by atoms with Gasteiger partial charge in [0.1, 0.15) is 11.9 Å². The van der Waals surface area contributed by atoms with Gasteiger partial charge in [0.05, 0.1) is 18.8 Å². The van der Waals surface area contributed by atoms with E-state index in [0.717, 1.165) is 54.1 Å². The lowest BCUT2D eigenvalue weighted by Gasteiger charge is -2.32. The van der Waals surface area contributed by atoms with E-state index in [-0.39, 0.29) is 12.0 Å². The molecule has 1 aliphatic carbocycles. The summed E-state index contributed by atoms with van der Waals surface area (Å²) in [6.45, 7) is 3.47. The molecular formula is C19H24N4O3. The lowest BCUT2D eigenvalue weighted by atomic mass is 9.96. The summed E-state index contributed by atoms with van der Waals surface area (Å²) in [5.41, 5.74) is 4.23. The normalized spacial score (nSPS) is 19.9. The summed E-state index contributed by atoms with van der Waals surface area (Å²) in [7, 11) is 1.88. The van der Waals surface area contributed by atoms with Crippen LogP contribution in [-0.2, 0) is 17.6 Å². The van der Waals surface area contributed by atoms with Crippen LogP contribution < -0.4 is 5.32 Å². The smallest absolute Gasteiger partial charge is 0.276 e. The lowest BCUT2D eigenvalue weighted by Crippen LogP contribution is -2.43. The number of amides is 1. The van der Waals surface area contributed by atoms with Gasteiger partial charge in [0.15, 0.2) is 5.69 Å². The van der Waals surface area contributed by atoms with Crippen LogP contribution in [0.2, 0.25) is 0 Å². The van der Waals surface area contributed by atoms with Crippen LogP contribution in [0.15, 0.2) is 16.7 Å². The highest BCUT2D eigenvalue weighted by atomic mass is 16.5. The topological polar surface area (TPSA) is 80.5 Å². The molecule has 1 fully saturated rings. The van der Waals surface area contributed by atoms with E-state index >= 15 is 0 Å². The van der Waals surface area contributed by atoms with Gasteiger partial charge in [-0.3, -0.25) is 9.78 Å². The van der Waals surface area contributed by atoms with Gasteiger partial charge < -0.3 is 19.5 Å². The molecule has 0 bridgehead atoms. The van der Waals surface area contributed by atoms with Crippen molar-refractivity contribution in [1.29, 1.82) is 0 Å². The zero-order valence-electron chi connectivity index (χ0n) is 15.2. The molecule has 1 N–H and O–H groups in total.